The molecule has 1 aromatic heterocycles. The lowest BCUT2D eigenvalue weighted by Gasteiger charge is -2.39. The highest BCUT2D eigenvalue weighted by molar-refractivity contribution is 7.10. The van der Waals surface area contributed by atoms with Crippen LogP contribution in [0.1, 0.15) is 43.5 Å². The molecule has 0 aromatic carbocycles. The number of hydrogen-bond acceptors (Lipinski definition) is 4. The summed E-state index contributed by atoms with van der Waals surface area (Å²) in [6, 6.07) is 5.00. The van der Waals surface area contributed by atoms with Crippen LogP contribution in [0.25, 0.3) is 0 Å². The molecule has 3 atom stereocenters. The highest BCUT2D eigenvalue weighted by Gasteiger charge is 2.31. The standard InChI is InChI=1S/C21H37N5S/c1-4-10-26-12-9-17(16-26)14-23-21(22-2)24-15-18-7-5-11-25(3)20(18)19-8-6-13-27-19/h6,8,13,17-18,20H,4-5,7,9-12,14-16H2,1-3H3,(H2,22,23,24). The fourth-order valence-electron chi connectivity index (χ4n) is 4.67. The van der Waals surface area contributed by atoms with Gasteiger partial charge in [-0.15, -0.1) is 11.3 Å². The number of nitrogens with zero attached hydrogens (tertiary/aromatic N) is 3. The van der Waals surface area contributed by atoms with Gasteiger partial charge in [0.05, 0.1) is 0 Å². The van der Waals surface area contributed by atoms with Crippen molar-refractivity contribution in [2.45, 2.75) is 38.6 Å². The maximum Gasteiger partial charge on any atom is 0.190 e. The summed E-state index contributed by atoms with van der Waals surface area (Å²) in [6.07, 6.45) is 5.13. The van der Waals surface area contributed by atoms with E-state index in [-0.39, 0.29) is 0 Å². The van der Waals surface area contributed by atoms with Gasteiger partial charge in [-0.1, -0.05) is 13.0 Å². The van der Waals surface area contributed by atoms with E-state index in [0.29, 0.717) is 12.0 Å². The molecular weight excluding hydrogens is 354 g/mol. The van der Waals surface area contributed by atoms with Crippen molar-refractivity contribution in [3.05, 3.63) is 22.4 Å². The summed E-state index contributed by atoms with van der Waals surface area (Å²) in [5, 5.41) is 9.39. The van der Waals surface area contributed by atoms with E-state index in [1.54, 1.807) is 0 Å². The van der Waals surface area contributed by atoms with E-state index in [1.807, 2.05) is 18.4 Å². The third-order valence-electron chi connectivity index (χ3n) is 6.07. The molecule has 27 heavy (non-hydrogen) atoms. The first-order valence-corrected chi connectivity index (χ1v) is 11.5. The zero-order chi connectivity index (χ0) is 19.1. The Morgan fingerprint density at radius 3 is 2.85 bits per heavy atom. The third-order valence-corrected chi connectivity index (χ3v) is 7.01. The number of piperidine rings is 1. The van der Waals surface area contributed by atoms with Crippen LogP contribution >= 0.6 is 11.3 Å². The number of likely N-dealkylation sites (tertiary alicyclic amines) is 2. The van der Waals surface area contributed by atoms with Crippen LogP contribution in [0.15, 0.2) is 22.5 Å². The van der Waals surface area contributed by atoms with Gasteiger partial charge < -0.3 is 15.5 Å². The van der Waals surface area contributed by atoms with Crippen LogP contribution in [0.4, 0.5) is 0 Å². The van der Waals surface area contributed by atoms with Gasteiger partial charge in [0.15, 0.2) is 5.96 Å². The maximum absolute atomic E-state index is 4.47. The lowest BCUT2D eigenvalue weighted by atomic mass is 9.88. The Balaban J connectivity index is 1.47. The minimum atomic E-state index is 0.529. The Labute approximate surface area is 169 Å². The summed E-state index contributed by atoms with van der Waals surface area (Å²) in [4.78, 5) is 11.1. The van der Waals surface area contributed by atoms with E-state index < -0.39 is 0 Å². The van der Waals surface area contributed by atoms with Crippen molar-refractivity contribution in [1.82, 2.24) is 20.4 Å². The fourth-order valence-corrected chi connectivity index (χ4v) is 5.65. The molecule has 0 amide bonds. The molecule has 2 N–H and O–H groups in total. The molecule has 1 aromatic rings. The number of guanidine groups is 1. The number of hydrogen-bond donors (Lipinski definition) is 2. The summed E-state index contributed by atoms with van der Waals surface area (Å²) < 4.78 is 0. The van der Waals surface area contributed by atoms with E-state index in [0.717, 1.165) is 25.0 Å². The Bertz CT molecular complexity index is 573. The van der Waals surface area contributed by atoms with Crippen LogP contribution < -0.4 is 10.6 Å². The maximum atomic E-state index is 4.47. The van der Waals surface area contributed by atoms with E-state index in [4.69, 9.17) is 0 Å². The molecule has 152 valence electrons. The van der Waals surface area contributed by atoms with Gasteiger partial charge in [0.1, 0.15) is 0 Å². The highest BCUT2D eigenvalue weighted by Crippen LogP contribution is 2.36. The molecule has 2 aliphatic heterocycles. The van der Waals surface area contributed by atoms with Gasteiger partial charge in [-0.2, -0.15) is 0 Å². The third kappa shape index (κ3) is 5.69. The number of aliphatic imine (C=N–C) groups is 1. The molecule has 0 spiro atoms. The lowest BCUT2D eigenvalue weighted by Crippen LogP contribution is -2.45. The van der Waals surface area contributed by atoms with Crippen LogP contribution in [0.5, 0.6) is 0 Å². The minimum absolute atomic E-state index is 0.529. The molecule has 2 fully saturated rings. The van der Waals surface area contributed by atoms with Crippen LogP contribution in [-0.4, -0.2) is 69.1 Å². The number of nitrogens with one attached hydrogen (secondary N) is 2. The zero-order valence-electron chi connectivity index (χ0n) is 17.3. The SMILES string of the molecule is CCCN1CCC(CNC(=NC)NCC2CCCN(C)C2c2cccs2)C1. The second kappa shape index (κ2) is 10.4. The summed E-state index contributed by atoms with van der Waals surface area (Å²) in [5.74, 6) is 2.34. The quantitative estimate of drug-likeness (QED) is 0.554. The van der Waals surface area contributed by atoms with Gasteiger partial charge in [-0.25, -0.2) is 0 Å². The fraction of sp³-hybridized carbons (Fsp3) is 0.762. The Kier molecular flexibility index (Phi) is 7.97. The van der Waals surface area contributed by atoms with Gasteiger partial charge in [0.25, 0.3) is 0 Å². The second-order valence-corrected chi connectivity index (χ2v) is 9.11. The molecule has 2 saturated heterocycles. The van der Waals surface area contributed by atoms with Crippen LogP contribution in [0.2, 0.25) is 0 Å². The average molecular weight is 392 g/mol. The molecule has 0 aliphatic carbocycles. The van der Waals surface area contributed by atoms with Gasteiger partial charge in [0.2, 0.25) is 0 Å². The van der Waals surface area contributed by atoms with Gasteiger partial charge in [-0.05, 0) is 75.6 Å². The number of thiophene rings is 1. The van der Waals surface area contributed by atoms with E-state index >= 15 is 0 Å². The van der Waals surface area contributed by atoms with Crippen molar-refractivity contribution in [2.24, 2.45) is 16.8 Å². The van der Waals surface area contributed by atoms with Crippen LogP contribution in [0, 0.1) is 11.8 Å². The predicted octanol–water partition coefficient (Wildman–Crippen LogP) is 3.03. The Hall–Kier alpha value is -1.11. The monoisotopic (exact) mass is 391 g/mol. The summed E-state index contributed by atoms with van der Waals surface area (Å²) >= 11 is 1.89. The summed E-state index contributed by atoms with van der Waals surface area (Å²) in [5.41, 5.74) is 0. The highest BCUT2D eigenvalue weighted by atomic mass is 32.1. The van der Waals surface area contributed by atoms with Crippen molar-refractivity contribution in [1.29, 1.82) is 0 Å². The van der Waals surface area contributed by atoms with E-state index in [2.05, 4.69) is 56.9 Å². The lowest BCUT2D eigenvalue weighted by molar-refractivity contribution is 0.125. The first-order valence-electron chi connectivity index (χ1n) is 10.6. The zero-order valence-corrected chi connectivity index (χ0v) is 18.1. The first-order chi connectivity index (χ1) is 13.2. The van der Waals surface area contributed by atoms with Gasteiger partial charge in [0, 0.05) is 37.6 Å². The molecule has 0 saturated carbocycles. The van der Waals surface area contributed by atoms with Crippen LogP contribution in [-0.2, 0) is 0 Å². The Morgan fingerprint density at radius 1 is 1.26 bits per heavy atom. The van der Waals surface area contributed by atoms with Crippen LogP contribution in [0.3, 0.4) is 0 Å². The molecule has 3 rings (SSSR count). The van der Waals surface area contributed by atoms with Gasteiger partial charge in [-0.3, -0.25) is 9.89 Å². The van der Waals surface area contributed by atoms with Crippen molar-refractivity contribution in [2.75, 3.05) is 53.4 Å². The average Bonchev–Trinajstić information content (AvgIpc) is 3.34. The van der Waals surface area contributed by atoms with Crippen molar-refractivity contribution in [3.8, 4) is 0 Å². The molecule has 6 heteroatoms. The number of rotatable bonds is 7. The molecule has 2 aliphatic rings. The van der Waals surface area contributed by atoms with Crippen molar-refractivity contribution in [3.63, 3.8) is 0 Å². The normalized spacial score (nSPS) is 27.8. The Morgan fingerprint density at radius 2 is 2.11 bits per heavy atom. The summed E-state index contributed by atoms with van der Waals surface area (Å²) in [6.45, 7) is 9.20. The van der Waals surface area contributed by atoms with E-state index in [9.17, 15) is 0 Å². The largest absolute Gasteiger partial charge is 0.356 e. The molecule has 3 unspecified atom stereocenters. The first kappa shape index (κ1) is 20.6. The van der Waals surface area contributed by atoms with Gasteiger partial charge >= 0.3 is 0 Å². The molecule has 5 nitrogen and oxygen atoms in total. The minimum Gasteiger partial charge on any atom is -0.356 e. The topological polar surface area (TPSA) is 42.9 Å². The summed E-state index contributed by atoms with van der Waals surface area (Å²) in [7, 11) is 4.16. The van der Waals surface area contributed by atoms with Crippen molar-refractivity contribution >= 4 is 17.3 Å². The van der Waals surface area contributed by atoms with Crippen molar-refractivity contribution < 1.29 is 0 Å². The molecular formula is C21H37N5S. The molecule has 0 radical (unpaired) electrons. The second-order valence-electron chi connectivity index (χ2n) is 8.13. The van der Waals surface area contributed by atoms with E-state index in [1.165, 1.54) is 56.7 Å². The molecule has 0 bridgehead atoms. The predicted molar refractivity (Wildman–Crippen MR) is 117 cm³/mol. The smallest absolute Gasteiger partial charge is 0.190 e. The molecule has 3 heterocycles.